The average Bonchev–Trinajstić information content (AvgIpc) is 2.92. The van der Waals surface area contributed by atoms with Gasteiger partial charge in [-0.05, 0) is 29.8 Å². The standard InChI is InChI=1S/C18H19N3O4S/c1-19-13(8-5-12-6-9-14(10-7-12)26(4,24)25)11-15-16(19)17(22)21(3)18(23)20(15)2/h5-11H,1-4H3/b8-5+. The number of aromatic nitrogens is 3. The minimum absolute atomic E-state index is 0.262. The van der Waals surface area contributed by atoms with E-state index >= 15 is 0 Å². The van der Waals surface area contributed by atoms with E-state index in [2.05, 4.69) is 0 Å². The molecule has 7 nitrogen and oxygen atoms in total. The van der Waals surface area contributed by atoms with Crippen molar-refractivity contribution in [1.29, 1.82) is 0 Å². The first kappa shape index (κ1) is 17.9. The average molecular weight is 373 g/mol. The maximum Gasteiger partial charge on any atom is 0.331 e. The van der Waals surface area contributed by atoms with E-state index in [1.165, 1.54) is 11.6 Å². The minimum atomic E-state index is -3.23. The topological polar surface area (TPSA) is 83.1 Å². The lowest BCUT2D eigenvalue weighted by molar-refractivity contribution is 0.602. The van der Waals surface area contributed by atoms with Gasteiger partial charge in [-0.2, -0.15) is 0 Å². The second-order valence-electron chi connectivity index (χ2n) is 6.24. The number of hydrogen-bond acceptors (Lipinski definition) is 4. The molecule has 0 saturated heterocycles. The summed E-state index contributed by atoms with van der Waals surface area (Å²) in [6, 6.07) is 8.31. The van der Waals surface area contributed by atoms with E-state index in [1.807, 2.05) is 12.2 Å². The number of nitrogens with zero attached hydrogens (tertiary/aromatic N) is 3. The van der Waals surface area contributed by atoms with Crippen molar-refractivity contribution >= 4 is 33.0 Å². The summed E-state index contributed by atoms with van der Waals surface area (Å²) >= 11 is 0. The zero-order chi connectivity index (χ0) is 19.2. The summed E-state index contributed by atoms with van der Waals surface area (Å²) in [5.74, 6) is 0. The second-order valence-corrected chi connectivity index (χ2v) is 8.26. The van der Waals surface area contributed by atoms with Crippen LogP contribution in [0.4, 0.5) is 0 Å². The lowest BCUT2D eigenvalue weighted by Gasteiger charge is -2.04. The van der Waals surface area contributed by atoms with Gasteiger partial charge in [-0.3, -0.25) is 13.9 Å². The van der Waals surface area contributed by atoms with Gasteiger partial charge >= 0.3 is 5.69 Å². The molecule has 8 heteroatoms. The molecule has 0 aliphatic rings. The Hall–Kier alpha value is -2.87. The molecule has 0 bridgehead atoms. The molecule has 0 fully saturated rings. The van der Waals surface area contributed by atoms with Gasteiger partial charge in [0.05, 0.1) is 10.4 Å². The van der Waals surface area contributed by atoms with E-state index in [1.54, 1.807) is 49.0 Å². The molecule has 26 heavy (non-hydrogen) atoms. The number of sulfone groups is 1. The molecule has 0 atom stereocenters. The molecule has 3 aromatic rings. The summed E-state index contributed by atoms with van der Waals surface area (Å²) in [5.41, 5.74) is 1.87. The van der Waals surface area contributed by atoms with Gasteiger partial charge in [-0.25, -0.2) is 13.2 Å². The van der Waals surface area contributed by atoms with Crippen LogP contribution in [0.25, 0.3) is 23.2 Å². The molecule has 0 aliphatic carbocycles. The van der Waals surface area contributed by atoms with Crippen molar-refractivity contribution in [3.63, 3.8) is 0 Å². The van der Waals surface area contributed by atoms with Crippen LogP contribution in [0.2, 0.25) is 0 Å². The first-order valence-electron chi connectivity index (χ1n) is 7.85. The lowest BCUT2D eigenvalue weighted by Crippen LogP contribution is -2.37. The maximum absolute atomic E-state index is 12.4. The van der Waals surface area contributed by atoms with E-state index in [-0.39, 0.29) is 16.1 Å². The number of rotatable bonds is 3. The third kappa shape index (κ3) is 2.92. The van der Waals surface area contributed by atoms with Crippen molar-refractivity contribution in [2.75, 3.05) is 6.26 Å². The van der Waals surface area contributed by atoms with Crippen LogP contribution < -0.4 is 11.2 Å². The SMILES string of the molecule is Cn1c(=O)c2c(cc(/C=C/c3ccc(S(C)(=O)=O)cc3)n2C)n(C)c1=O. The summed E-state index contributed by atoms with van der Waals surface area (Å²) in [4.78, 5) is 24.7. The Kier molecular flexibility index (Phi) is 4.23. The molecule has 0 N–H and O–H groups in total. The number of fused-ring (bicyclic) bond motifs is 1. The van der Waals surface area contributed by atoms with Crippen LogP contribution in [0, 0.1) is 0 Å². The highest BCUT2D eigenvalue weighted by molar-refractivity contribution is 7.90. The van der Waals surface area contributed by atoms with E-state index in [9.17, 15) is 18.0 Å². The van der Waals surface area contributed by atoms with Crippen LogP contribution in [-0.2, 0) is 31.0 Å². The van der Waals surface area contributed by atoms with Gasteiger partial charge in [0.1, 0.15) is 5.52 Å². The Balaban J connectivity index is 2.07. The van der Waals surface area contributed by atoms with Gasteiger partial charge in [-0.15, -0.1) is 0 Å². The van der Waals surface area contributed by atoms with Gasteiger partial charge in [0, 0.05) is 33.1 Å². The second kappa shape index (κ2) is 6.14. The number of aryl methyl sites for hydroxylation is 2. The van der Waals surface area contributed by atoms with Crippen molar-refractivity contribution in [2.24, 2.45) is 21.1 Å². The van der Waals surface area contributed by atoms with Crippen LogP contribution in [-0.4, -0.2) is 28.4 Å². The quantitative estimate of drug-likeness (QED) is 0.690. The van der Waals surface area contributed by atoms with Crippen LogP contribution in [0.3, 0.4) is 0 Å². The smallest absolute Gasteiger partial charge is 0.331 e. The Bertz CT molecular complexity index is 1260. The Morgan fingerprint density at radius 2 is 1.50 bits per heavy atom. The van der Waals surface area contributed by atoms with E-state index in [0.29, 0.717) is 11.0 Å². The number of hydrogen-bond donors (Lipinski definition) is 0. The van der Waals surface area contributed by atoms with Crippen LogP contribution >= 0.6 is 0 Å². The highest BCUT2D eigenvalue weighted by Crippen LogP contribution is 2.17. The highest BCUT2D eigenvalue weighted by atomic mass is 32.2. The fourth-order valence-electron chi connectivity index (χ4n) is 2.86. The number of benzene rings is 1. The molecule has 0 amide bonds. The first-order chi connectivity index (χ1) is 12.1. The molecule has 2 aromatic heterocycles. The molecule has 0 radical (unpaired) electrons. The molecule has 0 spiro atoms. The third-order valence-electron chi connectivity index (χ3n) is 4.45. The first-order valence-corrected chi connectivity index (χ1v) is 9.74. The van der Waals surface area contributed by atoms with Crippen molar-refractivity contribution in [2.45, 2.75) is 4.90 Å². The van der Waals surface area contributed by atoms with Crippen LogP contribution in [0.5, 0.6) is 0 Å². The Morgan fingerprint density at radius 1 is 0.885 bits per heavy atom. The Morgan fingerprint density at radius 3 is 2.08 bits per heavy atom. The zero-order valence-electron chi connectivity index (χ0n) is 14.9. The summed E-state index contributed by atoms with van der Waals surface area (Å²) in [5, 5.41) is 0. The van der Waals surface area contributed by atoms with Gasteiger partial charge in [0.25, 0.3) is 5.56 Å². The monoisotopic (exact) mass is 373 g/mol. The summed E-state index contributed by atoms with van der Waals surface area (Å²) in [6.45, 7) is 0. The largest absolute Gasteiger partial charge is 0.338 e. The molecule has 3 rings (SSSR count). The van der Waals surface area contributed by atoms with E-state index in [4.69, 9.17) is 0 Å². The maximum atomic E-state index is 12.4. The summed E-state index contributed by atoms with van der Waals surface area (Å²) in [7, 11) is 1.62. The molecule has 2 heterocycles. The zero-order valence-corrected chi connectivity index (χ0v) is 15.7. The van der Waals surface area contributed by atoms with Gasteiger partial charge < -0.3 is 4.57 Å². The molecule has 0 unspecified atom stereocenters. The van der Waals surface area contributed by atoms with Gasteiger partial charge in [0.15, 0.2) is 9.84 Å². The normalized spacial score (nSPS) is 12.3. The molecule has 0 aliphatic heterocycles. The highest BCUT2D eigenvalue weighted by Gasteiger charge is 2.14. The molecular weight excluding hydrogens is 354 g/mol. The Labute approximate surface area is 150 Å². The third-order valence-corrected chi connectivity index (χ3v) is 5.58. The van der Waals surface area contributed by atoms with Crippen molar-refractivity contribution in [3.05, 3.63) is 62.4 Å². The van der Waals surface area contributed by atoms with Crippen molar-refractivity contribution in [1.82, 2.24) is 13.7 Å². The summed E-state index contributed by atoms with van der Waals surface area (Å²) < 4.78 is 27.3. The lowest BCUT2D eigenvalue weighted by atomic mass is 10.2. The predicted octanol–water partition coefficient (Wildman–Crippen LogP) is 1.15. The van der Waals surface area contributed by atoms with Crippen LogP contribution in [0.1, 0.15) is 11.3 Å². The van der Waals surface area contributed by atoms with Gasteiger partial charge in [0.2, 0.25) is 0 Å². The molecule has 0 saturated carbocycles. The molecule has 1 aromatic carbocycles. The van der Waals surface area contributed by atoms with Gasteiger partial charge in [-0.1, -0.05) is 18.2 Å². The molecular formula is C18H19N3O4S. The predicted molar refractivity (Wildman–Crippen MR) is 102 cm³/mol. The van der Waals surface area contributed by atoms with Crippen LogP contribution in [0.15, 0.2) is 44.8 Å². The minimum Gasteiger partial charge on any atom is -0.338 e. The fourth-order valence-corrected chi connectivity index (χ4v) is 3.49. The van der Waals surface area contributed by atoms with Crippen molar-refractivity contribution in [3.8, 4) is 0 Å². The molecule has 136 valence electrons. The van der Waals surface area contributed by atoms with Crippen molar-refractivity contribution < 1.29 is 8.42 Å². The fraction of sp³-hybridized carbons (Fsp3) is 0.222. The van der Waals surface area contributed by atoms with E-state index < -0.39 is 9.84 Å². The summed E-state index contributed by atoms with van der Waals surface area (Å²) in [6.07, 6.45) is 4.81. The van der Waals surface area contributed by atoms with E-state index in [0.717, 1.165) is 22.1 Å².